The molecule has 0 radical (unpaired) electrons. The summed E-state index contributed by atoms with van der Waals surface area (Å²) in [6.45, 7) is 8.72. The summed E-state index contributed by atoms with van der Waals surface area (Å²) in [4.78, 5) is 4.88. The lowest BCUT2D eigenvalue weighted by Gasteiger charge is -2.38. The molecular weight excluding hydrogens is 448 g/mol. The van der Waals surface area contributed by atoms with Crippen LogP contribution in [0, 0.1) is 13.8 Å². The first-order chi connectivity index (χ1) is 17.6. The minimum atomic E-state index is -0.173. The number of phenolic OH excluding ortho intramolecular Hbond substituents is 1. The van der Waals surface area contributed by atoms with Crippen LogP contribution in [-0.2, 0) is 0 Å². The molecule has 1 atom stereocenters. The molecule has 7 heteroatoms. The van der Waals surface area contributed by atoms with E-state index in [9.17, 15) is 5.11 Å². The molecule has 36 heavy (non-hydrogen) atoms. The molecule has 1 fully saturated rings. The van der Waals surface area contributed by atoms with Gasteiger partial charge in [-0.3, -0.25) is 9.80 Å². The van der Waals surface area contributed by atoms with Crippen molar-refractivity contribution in [3.05, 3.63) is 107 Å². The third kappa shape index (κ3) is 5.22. The van der Waals surface area contributed by atoms with Gasteiger partial charge in [-0.1, -0.05) is 72.8 Å². The molecule has 184 valence electrons. The summed E-state index contributed by atoms with van der Waals surface area (Å²) in [5.74, 6) is 1.00. The number of aromatic hydroxyl groups is 1. The fourth-order valence-electron chi connectivity index (χ4n) is 4.99. The number of piperazine rings is 1. The molecule has 1 N–H and O–H groups in total. The Hall–Kier alpha value is -3.81. The number of nitrogens with zero attached hydrogens (tertiary/aromatic N) is 6. The minimum Gasteiger partial charge on any atom is -0.508 e. The number of hydrogen-bond donors (Lipinski definition) is 1. The number of aryl methyl sites for hydroxylation is 2. The van der Waals surface area contributed by atoms with Gasteiger partial charge in [-0.2, -0.15) is 4.68 Å². The second kappa shape index (κ2) is 10.8. The predicted octanol–water partition coefficient (Wildman–Crippen LogP) is 4.41. The molecular formula is C29H32N6O. The van der Waals surface area contributed by atoms with Crippen molar-refractivity contribution in [1.82, 2.24) is 30.0 Å². The summed E-state index contributed by atoms with van der Waals surface area (Å²) in [6, 6.07) is 23.9. The van der Waals surface area contributed by atoms with Gasteiger partial charge in [-0.05, 0) is 58.7 Å². The van der Waals surface area contributed by atoms with Gasteiger partial charge in [0.2, 0.25) is 0 Å². The van der Waals surface area contributed by atoms with E-state index in [1.165, 1.54) is 5.56 Å². The summed E-state index contributed by atoms with van der Waals surface area (Å²) in [6.07, 6.45) is 4.42. The standard InChI is InChI=1S/C29H32N6O/c1-22-9-6-10-23(2)27(22)35-29(30-31-32-35)28(25-14-7-15-26(36)21-25)34-19-17-33(18-20-34)16-8-13-24-11-4-3-5-12-24/h3-15,21,28,36H,16-20H2,1-2H3/b13-8+/t28-/m1/s1. The van der Waals surface area contributed by atoms with Gasteiger partial charge in [0.05, 0.1) is 11.7 Å². The van der Waals surface area contributed by atoms with Crippen LogP contribution in [0.3, 0.4) is 0 Å². The summed E-state index contributed by atoms with van der Waals surface area (Å²) < 4.78 is 1.87. The second-order valence-electron chi connectivity index (χ2n) is 9.34. The van der Waals surface area contributed by atoms with E-state index in [1.807, 2.05) is 28.9 Å². The molecule has 0 saturated carbocycles. The number of tetrazole rings is 1. The average molecular weight is 481 g/mol. The molecule has 0 bridgehead atoms. The average Bonchev–Trinajstić information content (AvgIpc) is 3.34. The van der Waals surface area contributed by atoms with Gasteiger partial charge in [0.15, 0.2) is 5.82 Å². The number of rotatable bonds is 7. The van der Waals surface area contributed by atoms with Crippen LogP contribution in [0.15, 0.2) is 78.9 Å². The Kier molecular flexibility index (Phi) is 7.21. The highest BCUT2D eigenvalue weighted by Gasteiger charge is 2.31. The van der Waals surface area contributed by atoms with Crippen LogP contribution in [0.4, 0.5) is 0 Å². The van der Waals surface area contributed by atoms with Crippen LogP contribution in [0.5, 0.6) is 5.75 Å². The lowest BCUT2D eigenvalue weighted by molar-refractivity contribution is 0.113. The van der Waals surface area contributed by atoms with E-state index in [0.717, 1.165) is 60.9 Å². The van der Waals surface area contributed by atoms with Crippen LogP contribution in [-0.4, -0.2) is 67.8 Å². The van der Waals surface area contributed by atoms with Gasteiger partial charge < -0.3 is 5.11 Å². The van der Waals surface area contributed by atoms with E-state index >= 15 is 0 Å². The lowest BCUT2D eigenvalue weighted by atomic mass is 10.0. The van der Waals surface area contributed by atoms with Crippen molar-refractivity contribution in [1.29, 1.82) is 0 Å². The summed E-state index contributed by atoms with van der Waals surface area (Å²) in [5, 5.41) is 23.3. The molecule has 2 heterocycles. The zero-order chi connectivity index (χ0) is 24.9. The molecule has 0 spiro atoms. The molecule has 1 aliphatic rings. The topological polar surface area (TPSA) is 70.3 Å². The van der Waals surface area contributed by atoms with E-state index < -0.39 is 0 Å². The third-order valence-corrected chi connectivity index (χ3v) is 6.82. The highest BCUT2D eigenvalue weighted by atomic mass is 16.3. The minimum absolute atomic E-state index is 0.173. The largest absolute Gasteiger partial charge is 0.508 e. The van der Waals surface area contributed by atoms with Crippen LogP contribution < -0.4 is 0 Å². The number of para-hydroxylation sites is 1. The fraction of sp³-hybridized carbons (Fsp3) is 0.276. The molecule has 0 unspecified atom stereocenters. The van der Waals surface area contributed by atoms with Crippen molar-refractivity contribution in [2.24, 2.45) is 0 Å². The smallest absolute Gasteiger partial charge is 0.178 e. The monoisotopic (exact) mass is 480 g/mol. The highest BCUT2D eigenvalue weighted by molar-refractivity contribution is 5.49. The molecule has 4 aromatic rings. The first-order valence-corrected chi connectivity index (χ1v) is 12.4. The summed E-state index contributed by atoms with van der Waals surface area (Å²) in [5.41, 5.74) is 5.45. The first kappa shape index (κ1) is 23.9. The Morgan fingerprint density at radius 1 is 0.889 bits per heavy atom. The Balaban J connectivity index is 1.39. The van der Waals surface area contributed by atoms with Gasteiger partial charge in [0, 0.05) is 32.7 Å². The zero-order valence-electron chi connectivity index (χ0n) is 20.8. The fourth-order valence-corrected chi connectivity index (χ4v) is 4.99. The van der Waals surface area contributed by atoms with Crippen LogP contribution >= 0.6 is 0 Å². The quantitative estimate of drug-likeness (QED) is 0.423. The molecule has 1 aromatic heterocycles. The lowest BCUT2D eigenvalue weighted by Crippen LogP contribution is -2.48. The Morgan fingerprint density at radius 2 is 1.61 bits per heavy atom. The van der Waals surface area contributed by atoms with Crippen LogP contribution in [0.25, 0.3) is 11.8 Å². The summed E-state index contributed by atoms with van der Waals surface area (Å²) >= 11 is 0. The Morgan fingerprint density at radius 3 is 2.33 bits per heavy atom. The van der Waals surface area contributed by atoms with Gasteiger partial charge in [0.1, 0.15) is 5.75 Å². The van der Waals surface area contributed by atoms with Crippen LogP contribution in [0.1, 0.15) is 34.1 Å². The van der Waals surface area contributed by atoms with E-state index in [-0.39, 0.29) is 11.8 Å². The molecule has 7 nitrogen and oxygen atoms in total. The van der Waals surface area contributed by atoms with Gasteiger partial charge in [0.25, 0.3) is 0 Å². The van der Waals surface area contributed by atoms with Crippen molar-refractivity contribution < 1.29 is 5.11 Å². The maximum Gasteiger partial charge on any atom is 0.178 e. The maximum absolute atomic E-state index is 10.3. The van der Waals surface area contributed by atoms with E-state index in [1.54, 1.807) is 6.07 Å². The molecule has 5 rings (SSSR count). The third-order valence-electron chi connectivity index (χ3n) is 6.82. The SMILES string of the molecule is Cc1cccc(C)c1-n1nnnc1[C@@H](c1cccc(O)c1)N1CCN(C/C=C/c2ccccc2)CC1. The molecule has 0 aliphatic carbocycles. The van der Waals surface area contributed by atoms with Gasteiger partial charge in [-0.15, -0.1) is 5.10 Å². The van der Waals surface area contributed by atoms with Gasteiger partial charge >= 0.3 is 0 Å². The predicted molar refractivity (Wildman–Crippen MR) is 142 cm³/mol. The first-order valence-electron chi connectivity index (χ1n) is 12.4. The zero-order valence-corrected chi connectivity index (χ0v) is 20.8. The van der Waals surface area contributed by atoms with Crippen molar-refractivity contribution in [3.8, 4) is 11.4 Å². The van der Waals surface area contributed by atoms with Crippen molar-refractivity contribution in [2.75, 3.05) is 32.7 Å². The Labute approximate surface area is 212 Å². The normalized spacial score (nSPS) is 15.9. The van der Waals surface area contributed by atoms with Gasteiger partial charge in [-0.25, -0.2) is 0 Å². The number of phenols is 1. The number of benzene rings is 3. The maximum atomic E-state index is 10.3. The van der Waals surface area contributed by atoms with Crippen molar-refractivity contribution in [3.63, 3.8) is 0 Å². The van der Waals surface area contributed by atoms with E-state index in [0.29, 0.717) is 0 Å². The van der Waals surface area contributed by atoms with E-state index in [2.05, 4.69) is 93.8 Å². The second-order valence-corrected chi connectivity index (χ2v) is 9.34. The molecule has 3 aromatic carbocycles. The molecule has 0 amide bonds. The number of hydrogen-bond acceptors (Lipinski definition) is 6. The highest BCUT2D eigenvalue weighted by Crippen LogP contribution is 2.32. The van der Waals surface area contributed by atoms with Crippen molar-refractivity contribution >= 4 is 6.08 Å². The van der Waals surface area contributed by atoms with E-state index in [4.69, 9.17) is 0 Å². The Bertz CT molecular complexity index is 1300. The van der Waals surface area contributed by atoms with Crippen molar-refractivity contribution in [2.45, 2.75) is 19.9 Å². The number of aromatic nitrogens is 4. The summed E-state index contributed by atoms with van der Waals surface area (Å²) in [7, 11) is 0. The van der Waals surface area contributed by atoms with Crippen LogP contribution in [0.2, 0.25) is 0 Å². The molecule has 1 aliphatic heterocycles. The molecule has 1 saturated heterocycles.